The molecular weight excluding hydrogens is 194 g/mol. The van der Waals surface area contributed by atoms with Crippen LogP contribution in [-0.2, 0) is 0 Å². The van der Waals surface area contributed by atoms with Gasteiger partial charge in [-0.1, -0.05) is 35.0 Å². The molecule has 0 amide bonds. The Labute approximate surface area is 97.6 Å². The Hall–Kier alpha value is 0.600. The molecule has 1 aromatic carbocycles. The maximum atomic E-state index is 10.8. The van der Waals surface area contributed by atoms with Crippen molar-refractivity contribution >= 4 is 23.2 Å². The monoisotopic (exact) mass is 198 g/mol. The van der Waals surface area contributed by atoms with Gasteiger partial charge in [0.2, 0.25) is 0 Å². The van der Waals surface area contributed by atoms with E-state index in [1.165, 1.54) is 6.07 Å². The Morgan fingerprint density at radius 2 is 1.82 bits per heavy atom. The maximum absolute atomic E-state index is 10.8. The van der Waals surface area contributed by atoms with E-state index >= 15 is 0 Å². The molecule has 0 heterocycles. The van der Waals surface area contributed by atoms with E-state index < -0.39 is 0 Å². The Morgan fingerprint density at radius 1 is 1.27 bits per heavy atom. The molecule has 0 atom stereocenters. The summed E-state index contributed by atoms with van der Waals surface area (Å²) >= 11 is 11.2. The first-order chi connectivity index (χ1) is 4.63. The van der Waals surface area contributed by atoms with Gasteiger partial charge in [-0.15, -0.1) is 0 Å². The molecule has 11 heavy (non-hydrogen) atoms. The molecular formula is C7H5Cl2NaO. The van der Waals surface area contributed by atoms with Gasteiger partial charge in [0.15, 0.2) is 0 Å². The normalized spacial score (nSPS) is 9.00. The molecule has 0 aromatic heterocycles. The minimum Gasteiger partial charge on any atom is -0.871 e. The van der Waals surface area contributed by atoms with Gasteiger partial charge >= 0.3 is 29.6 Å². The van der Waals surface area contributed by atoms with Gasteiger partial charge in [0.05, 0.1) is 0 Å². The third-order valence-electron chi connectivity index (χ3n) is 1.28. The average Bonchev–Trinajstić information content (AvgIpc) is 1.93. The topological polar surface area (TPSA) is 23.1 Å². The van der Waals surface area contributed by atoms with Crippen LogP contribution in [0.15, 0.2) is 12.1 Å². The van der Waals surface area contributed by atoms with Gasteiger partial charge in [-0.25, -0.2) is 0 Å². The van der Waals surface area contributed by atoms with Crippen molar-refractivity contribution in [3.05, 3.63) is 27.7 Å². The van der Waals surface area contributed by atoms with Crippen molar-refractivity contribution in [1.29, 1.82) is 0 Å². The third kappa shape index (κ3) is 2.53. The van der Waals surface area contributed by atoms with Gasteiger partial charge in [0.25, 0.3) is 0 Å². The maximum Gasteiger partial charge on any atom is 1.00 e. The van der Waals surface area contributed by atoms with Gasteiger partial charge < -0.3 is 5.11 Å². The van der Waals surface area contributed by atoms with Crippen LogP contribution in [0, 0.1) is 6.92 Å². The molecule has 1 nitrogen and oxygen atoms in total. The molecule has 0 N–H and O–H groups in total. The second-order valence-electron chi connectivity index (χ2n) is 1.98. The summed E-state index contributed by atoms with van der Waals surface area (Å²) < 4.78 is 0. The van der Waals surface area contributed by atoms with Crippen molar-refractivity contribution in [2.75, 3.05) is 0 Å². The molecule has 0 spiro atoms. The second-order valence-corrected chi connectivity index (χ2v) is 2.77. The van der Waals surface area contributed by atoms with E-state index in [9.17, 15) is 5.11 Å². The smallest absolute Gasteiger partial charge is 0.871 e. The molecule has 0 fully saturated rings. The summed E-state index contributed by atoms with van der Waals surface area (Å²) in [5.41, 5.74) is 0.649. The molecule has 1 aromatic rings. The molecule has 54 valence electrons. The molecule has 4 heteroatoms. The average molecular weight is 199 g/mol. The van der Waals surface area contributed by atoms with E-state index in [0.717, 1.165) is 0 Å². The number of rotatable bonds is 0. The van der Waals surface area contributed by atoms with Crippen molar-refractivity contribution in [3.8, 4) is 5.75 Å². The number of benzene rings is 1. The molecule has 0 bridgehead atoms. The number of hydrogen-bond acceptors (Lipinski definition) is 1. The van der Waals surface area contributed by atoms with Crippen molar-refractivity contribution in [2.24, 2.45) is 0 Å². The SMILES string of the molecule is Cc1c(Cl)ccc([O-])c1Cl.[Na+]. The van der Waals surface area contributed by atoms with Crippen molar-refractivity contribution in [1.82, 2.24) is 0 Å². The van der Waals surface area contributed by atoms with Gasteiger partial charge in [-0.2, -0.15) is 0 Å². The van der Waals surface area contributed by atoms with Crippen LogP contribution in [0.4, 0.5) is 0 Å². The summed E-state index contributed by atoms with van der Waals surface area (Å²) in [4.78, 5) is 0. The van der Waals surface area contributed by atoms with Gasteiger partial charge in [-0.05, 0) is 18.6 Å². The number of hydrogen-bond donors (Lipinski definition) is 0. The molecule has 0 aliphatic carbocycles. The summed E-state index contributed by atoms with van der Waals surface area (Å²) in [5.74, 6) is -0.177. The van der Waals surface area contributed by atoms with Gasteiger partial charge in [0, 0.05) is 10.0 Å². The standard InChI is InChI=1S/C7H6Cl2O.Na/c1-4-5(8)2-3-6(10)7(4)9;/h2-3,10H,1H3;/q;+1/p-1. The summed E-state index contributed by atoms with van der Waals surface area (Å²) in [6.45, 7) is 1.71. The van der Waals surface area contributed by atoms with Crippen LogP contribution in [0.2, 0.25) is 10.0 Å². The van der Waals surface area contributed by atoms with Crippen molar-refractivity contribution in [2.45, 2.75) is 6.92 Å². The fourth-order valence-corrected chi connectivity index (χ4v) is 1.01. The fraction of sp³-hybridized carbons (Fsp3) is 0.143. The zero-order valence-electron chi connectivity index (χ0n) is 6.32. The van der Waals surface area contributed by atoms with Crippen molar-refractivity contribution < 1.29 is 34.7 Å². The molecule has 0 saturated carbocycles. The molecule has 0 radical (unpaired) electrons. The first-order valence-electron chi connectivity index (χ1n) is 2.74. The predicted molar refractivity (Wildman–Crippen MR) is 40.6 cm³/mol. The summed E-state index contributed by atoms with van der Waals surface area (Å²) in [6.07, 6.45) is 0. The van der Waals surface area contributed by atoms with Crippen LogP contribution in [0.25, 0.3) is 0 Å². The van der Waals surface area contributed by atoms with Crippen LogP contribution in [-0.4, -0.2) is 0 Å². The zero-order valence-corrected chi connectivity index (χ0v) is 9.83. The molecule has 0 saturated heterocycles. The third-order valence-corrected chi connectivity index (χ3v) is 2.16. The fourth-order valence-electron chi connectivity index (χ4n) is 0.637. The summed E-state index contributed by atoms with van der Waals surface area (Å²) in [6, 6.07) is 2.91. The van der Waals surface area contributed by atoms with Gasteiger partial charge in [0.1, 0.15) is 0 Å². The second kappa shape index (κ2) is 4.58. The van der Waals surface area contributed by atoms with E-state index in [4.69, 9.17) is 23.2 Å². The first-order valence-corrected chi connectivity index (χ1v) is 3.50. The minimum atomic E-state index is -0.177. The van der Waals surface area contributed by atoms with E-state index in [1.807, 2.05) is 0 Å². The largest absolute Gasteiger partial charge is 1.00 e. The van der Waals surface area contributed by atoms with Crippen LogP contribution >= 0.6 is 23.2 Å². The van der Waals surface area contributed by atoms with E-state index in [1.54, 1.807) is 13.0 Å². The quantitative estimate of drug-likeness (QED) is 0.510. The van der Waals surface area contributed by atoms with E-state index in [2.05, 4.69) is 0 Å². The van der Waals surface area contributed by atoms with Crippen LogP contribution in [0.1, 0.15) is 5.56 Å². The number of halogens is 2. The predicted octanol–water partition coefficient (Wildman–Crippen LogP) is -0.621. The minimum absolute atomic E-state index is 0. The summed E-state index contributed by atoms with van der Waals surface area (Å²) in [5, 5.41) is 11.5. The van der Waals surface area contributed by atoms with Crippen LogP contribution in [0.5, 0.6) is 5.75 Å². The zero-order chi connectivity index (χ0) is 7.72. The molecule has 0 aliphatic heterocycles. The van der Waals surface area contributed by atoms with Crippen LogP contribution in [0.3, 0.4) is 0 Å². The summed E-state index contributed by atoms with van der Waals surface area (Å²) in [7, 11) is 0. The molecule has 0 aliphatic rings. The first kappa shape index (κ1) is 11.6. The van der Waals surface area contributed by atoms with E-state index in [-0.39, 0.29) is 40.3 Å². The molecule has 1 rings (SSSR count). The van der Waals surface area contributed by atoms with Crippen molar-refractivity contribution in [3.63, 3.8) is 0 Å². The Balaban J connectivity index is 0.000001000. The van der Waals surface area contributed by atoms with Crippen LogP contribution < -0.4 is 34.7 Å². The Kier molecular flexibility index (Phi) is 4.83. The Bertz CT molecular complexity index is 236. The molecule has 0 unspecified atom stereocenters. The Morgan fingerprint density at radius 3 is 2.27 bits per heavy atom. The van der Waals surface area contributed by atoms with Gasteiger partial charge in [-0.3, -0.25) is 0 Å². The van der Waals surface area contributed by atoms with E-state index in [0.29, 0.717) is 10.6 Å².